The molecule has 2 aromatic rings. The standard InChI is InChI=1S/C14H15NO2/c1-2-11-4-3-5-13(8-11)17-14-6-7-15-9-12(14)10-16/h3-9,16H,2,10H2,1H3. The van der Waals surface area contributed by atoms with E-state index in [-0.39, 0.29) is 6.61 Å². The van der Waals surface area contributed by atoms with Crippen molar-refractivity contribution in [2.75, 3.05) is 0 Å². The number of benzene rings is 1. The lowest BCUT2D eigenvalue weighted by molar-refractivity contribution is 0.276. The maximum absolute atomic E-state index is 9.18. The molecular weight excluding hydrogens is 214 g/mol. The van der Waals surface area contributed by atoms with Gasteiger partial charge in [0.2, 0.25) is 0 Å². The fourth-order valence-corrected chi connectivity index (χ4v) is 1.59. The second-order valence-electron chi connectivity index (χ2n) is 3.74. The average molecular weight is 229 g/mol. The first-order chi connectivity index (χ1) is 8.33. The fraction of sp³-hybridized carbons (Fsp3) is 0.214. The first kappa shape index (κ1) is 11.6. The molecule has 0 atom stereocenters. The highest BCUT2D eigenvalue weighted by atomic mass is 16.5. The molecule has 0 bridgehead atoms. The number of pyridine rings is 1. The van der Waals surface area contributed by atoms with Crippen molar-refractivity contribution in [1.29, 1.82) is 0 Å². The Kier molecular flexibility index (Phi) is 3.73. The van der Waals surface area contributed by atoms with Gasteiger partial charge in [0.15, 0.2) is 0 Å². The van der Waals surface area contributed by atoms with E-state index >= 15 is 0 Å². The van der Waals surface area contributed by atoms with Gasteiger partial charge in [0.1, 0.15) is 11.5 Å². The van der Waals surface area contributed by atoms with E-state index < -0.39 is 0 Å². The normalized spacial score (nSPS) is 10.2. The van der Waals surface area contributed by atoms with Crippen LogP contribution in [0, 0.1) is 0 Å². The number of aliphatic hydroxyl groups is 1. The van der Waals surface area contributed by atoms with Gasteiger partial charge in [-0.2, -0.15) is 0 Å². The van der Waals surface area contributed by atoms with E-state index in [2.05, 4.69) is 18.0 Å². The van der Waals surface area contributed by atoms with Crippen molar-refractivity contribution in [2.24, 2.45) is 0 Å². The maximum atomic E-state index is 9.18. The van der Waals surface area contributed by atoms with Gasteiger partial charge in [-0.15, -0.1) is 0 Å². The predicted octanol–water partition coefficient (Wildman–Crippen LogP) is 2.93. The second-order valence-corrected chi connectivity index (χ2v) is 3.74. The molecule has 0 aliphatic rings. The second kappa shape index (κ2) is 5.46. The highest BCUT2D eigenvalue weighted by Gasteiger charge is 2.04. The zero-order chi connectivity index (χ0) is 12.1. The molecule has 2 rings (SSSR count). The molecule has 0 radical (unpaired) electrons. The molecule has 0 aliphatic carbocycles. The zero-order valence-electron chi connectivity index (χ0n) is 9.76. The molecular formula is C14H15NO2. The Labute approximate surface area is 101 Å². The smallest absolute Gasteiger partial charge is 0.136 e. The Morgan fingerprint density at radius 2 is 2.18 bits per heavy atom. The minimum Gasteiger partial charge on any atom is -0.457 e. The van der Waals surface area contributed by atoms with E-state index in [1.165, 1.54) is 5.56 Å². The predicted molar refractivity (Wildman–Crippen MR) is 66.1 cm³/mol. The number of hydrogen-bond donors (Lipinski definition) is 1. The summed E-state index contributed by atoms with van der Waals surface area (Å²) >= 11 is 0. The molecule has 1 aromatic carbocycles. The number of hydrogen-bond acceptors (Lipinski definition) is 3. The van der Waals surface area contributed by atoms with Crippen LogP contribution in [0.2, 0.25) is 0 Å². The van der Waals surface area contributed by atoms with Gasteiger partial charge < -0.3 is 9.84 Å². The molecule has 0 amide bonds. The van der Waals surface area contributed by atoms with Crippen molar-refractivity contribution in [2.45, 2.75) is 20.0 Å². The van der Waals surface area contributed by atoms with E-state index in [1.807, 2.05) is 18.2 Å². The molecule has 0 saturated heterocycles. The molecule has 0 saturated carbocycles. The number of aryl methyl sites for hydroxylation is 1. The van der Waals surface area contributed by atoms with Crippen LogP contribution in [0.15, 0.2) is 42.7 Å². The van der Waals surface area contributed by atoms with Crippen molar-refractivity contribution < 1.29 is 9.84 Å². The van der Waals surface area contributed by atoms with Gasteiger partial charge in [0.25, 0.3) is 0 Å². The van der Waals surface area contributed by atoms with E-state index in [1.54, 1.807) is 18.5 Å². The van der Waals surface area contributed by atoms with Gasteiger partial charge in [0, 0.05) is 18.0 Å². The Morgan fingerprint density at radius 1 is 1.29 bits per heavy atom. The number of aromatic nitrogens is 1. The van der Waals surface area contributed by atoms with Crippen LogP contribution in [0.25, 0.3) is 0 Å². The number of nitrogens with zero attached hydrogens (tertiary/aromatic N) is 1. The number of aliphatic hydroxyl groups excluding tert-OH is 1. The van der Waals surface area contributed by atoms with Gasteiger partial charge in [-0.3, -0.25) is 4.98 Å². The Hall–Kier alpha value is -1.87. The van der Waals surface area contributed by atoms with E-state index in [9.17, 15) is 5.11 Å². The first-order valence-electron chi connectivity index (χ1n) is 5.64. The van der Waals surface area contributed by atoms with Crippen molar-refractivity contribution in [3.8, 4) is 11.5 Å². The minimum atomic E-state index is -0.0728. The molecule has 1 heterocycles. The number of rotatable bonds is 4. The van der Waals surface area contributed by atoms with Crippen LogP contribution in [0.4, 0.5) is 0 Å². The molecule has 0 spiro atoms. The zero-order valence-corrected chi connectivity index (χ0v) is 9.76. The van der Waals surface area contributed by atoms with Gasteiger partial charge in [-0.25, -0.2) is 0 Å². The third-order valence-corrected chi connectivity index (χ3v) is 2.56. The Balaban J connectivity index is 2.24. The van der Waals surface area contributed by atoms with Crippen LogP contribution in [0.1, 0.15) is 18.1 Å². The molecule has 17 heavy (non-hydrogen) atoms. The fourth-order valence-electron chi connectivity index (χ4n) is 1.59. The summed E-state index contributed by atoms with van der Waals surface area (Å²) in [5.41, 5.74) is 1.91. The summed E-state index contributed by atoms with van der Waals surface area (Å²) in [6.07, 6.45) is 4.23. The van der Waals surface area contributed by atoms with E-state index in [0.29, 0.717) is 11.3 Å². The summed E-state index contributed by atoms with van der Waals surface area (Å²) in [4.78, 5) is 3.95. The summed E-state index contributed by atoms with van der Waals surface area (Å²) in [6, 6.07) is 9.69. The summed E-state index contributed by atoms with van der Waals surface area (Å²) in [5, 5.41) is 9.18. The highest BCUT2D eigenvalue weighted by molar-refractivity contribution is 5.37. The van der Waals surface area contributed by atoms with Crippen LogP contribution < -0.4 is 4.74 Å². The summed E-state index contributed by atoms with van der Waals surface area (Å²) in [5.74, 6) is 1.43. The Bertz CT molecular complexity index is 497. The largest absolute Gasteiger partial charge is 0.457 e. The maximum Gasteiger partial charge on any atom is 0.136 e. The summed E-state index contributed by atoms with van der Waals surface area (Å²) in [7, 11) is 0. The monoisotopic (exact) mass is 229 g/mol. The van der Waals surface area contributed by atoms with Gasteiger partial charge in [0.05, 0.1) is 6.61 Å². The quantitative estimate of drug-likeness (QED) is 0.876. The minimum absolute atomic E-state index is 0.0728. The molecule has 3 nitrogen and oxygen atoms in total. The van der Waals surface area contributed by atoms with Crippen LogP contribution in [-0.4, -0.2) is 10.1 Å². The lowest BCUT2D eigenvalue weighted by Crippen LogP contribution is -1.93. The van der Waals surface area contributed by atoms with E-state index in [0.717, 1.165) is 12.2 Å². The lowest BCUT2D eigenvalue weighted by Gasteiger charge is -2.09. The molecule has 1 aromatic heterocycles. The van der Waals surface area contributed by atoms with Crippen molar-refractivity contribution in [1.82, 2.24) is 4.98 Å². The topological polar surface area (TPSA) is 42.4 Å². The van der Waals surface area contributed by atoms with Gasteiger partial charge in [-0.05, 0) is 30.2 Å². The molecule has 3 heteroatoms. The first-order valence-corrected chi connectivity index (χ1v) is 5.64. The summed E-state index contributed by atoms with van der Waals surface area (Å²) in [6.45, 7) is 2.03. The molecule has 1 N–H and O–H groups in total. The Morgan fingerprint density at radius 3 is 2.94 bits per heavy atom. The van der Waals surface area contributed by atoms with Gasteiger partial charge in [-0.1, -0.05) is 19.1 Å². The molecule has 0 unspecified atom stereocenters. The van der Waals surface area contributed by atoms with Gasteiger partial charge >= 0.3 is 0 Å². The van der Waals surface area contributed by atoms with Crippen LogP contribution in [0.5, 0.6) is 11.5 Å². The number of ether oxygens (including phenoxy) is 1. The highest BCUT2D eigenvalue weighted by Crippen LogP contribution is 2.25. The molecule has 0 fully saturated rings. The molecule has 0 aliphatic heterocycles. The van der Waals surface area contributed by atoms with Crippen LogP contribution in [0.3, 0.4) is 0 Å². The van der Waals surface area contributed by atoms with Crippen molar-refractivity contribution >= 4 is 0 Å². The van der Waals surface area contributed by atoms with Crippen molar-refractivity contribution in [3.05, 3.63) is 53.9 Å². The van der Waals surface area contributed by atoms with Crippen molar-refractivity contribution in [3.63, 3.8) is 0 Å². The SMILES string of the molecule is CCc1cccc(Oc2ccncc2CO)c1. The average Bonchev–Trinajstić information content (AvgIpc) is 2.39. The molecule has 88 valence electrons. The lowest BCUT2D eigenvalue weighted by atomic mass is 10.2. The van der Waals surface area contributed by atoms with Crippen LogP contribution >= 0.6 is 0 Å². The third-order valence-electron chi connectivity index (χ3n) is 2.56. The van der Waals surface area contributed by atoms with E-state index in [4.69, 9.17) is 4.74 Å². The summed E-state index contributed by atoms with van der Waals surface area (Å²) < 4.78 is 5.74. The van der Waals surface area contributed by atoms with Crippen LogP contribution in [-0.2, 0) is 13.0 Å². The third kappa shape index (κ3) is 2.82.